The minimum atomic E-state index is -2.89. The first-order valence-electron chi connectivity index (χ1n) is 5.60. The smallest absolute Gasteiger partial charge is 0.310 e. The Hall–Kier alpha value is -2.07. The van der Waals surface area contributed by atoms with Crippen molar-refractivity contribution in [3.63, 3.8) is 0 Å². The van der Waals surface area contributed by atoms with Crippen LogP contribution in [0.25, 0.3) is 0 Å². The molecule has 0 aromatic carbocycles. The van der Waals surface area contributed by atoms with E-state index in [9.17, 15) is 13.6 Å². The Balaban J connectivity index is 3.26. The SMILES string of the molecule is CCOC(=O)Cc1cc(CN)nc(C#N)c1C(F)F. The Morgan fingerprint density at radius 1 is 1.63 bits per heavy atom. The third kappa shape index (κ3) is 3.69. The van der Waals surface area contributed by atoms with Crippen molar-refractivity contribution in [2.75, 3.05) is 6.61 Å². The lowest BCUT2D eigenvalue weighted by Gasteiger charge is -2.11. The second kappa shape index (κ2) is 6.75. The number of carbonyl (C=O) groups excluding carboxylic acids is 1. The molecular weight excluding hydrogens is 256 g/mol. The van der Waals surface area contributed by atoms with Gasteiger partial charge < -0.3 is 10.5 Å². The van der Waals surface area contributed by atoms with Gasteiger partial charge in [-0.15, -0.1) is 0 Å². The van der Waals surface area contributed by atoms with E-state index >= 15 is 0 Å². The summed E-state index contributed by atoms with van der Waals surface area (Å²) in [4.78, 5) is 15.1. The second-order valence-electron chi connectivity index (χ2n) is 3.63. The standard InChI is InChI=1S/C12H13F2N3O2/c1-2-19-10(18)4-7-3-8(5-15)17-9(6-16)11(7)12(13)14/h3,12H,2,4-5,15H2,1H3. The van der Waals surface area contributed by atoms with Gasteiger partial charge in [0.25, 0.3) is 6.43 Å². The van der Waals surface area contributed by atoms with Crippen LogP contribution in [-0.4, -0.2) is 17.6 Å². The summed E-state index contributed by atoms with van der Waals surface area (Å²) in [6.45, 7) is 1.77. The first-order valence-corrected chi connectivity index (χ1v) is 5.60. The highest BCUT2D eigenvalue weighted by Crippen LogP contribution is 2.27. The lowest BCUT2D eigenvalue weighted by Crippen LogP contribution is -2.13. The molecule has 0 spiro atoms. The molecule has 7 heteroatoms. The zero-order valence-corrected chi connectivity index (χ0v) is 10.3. The summed E-state index contributed by atoms with van der Waals surface area (Å²) >= 11 is 0. The van der Waals surface area contributed by atoms with Gasteiger partial charge in [-0.3, -0.25) is 4.79 Å². The number of esters is 1. The van der Waals surface area contributed by atoms with E-state index in [2.05, 4.69) is 4.98 Å². The molecule has 102 valence electrons. The van der Waals surface area contributed by atoms with Crippen LogP contribution in [-0.2, 0) is 22.5 Å². The fourth-order valence-corrected chi connectivity index (χ4v) is 1.61. The molecule has 19 heavy (non-hydrogen) atoms. The van der Waals surface area contributed by atoms with E-state index in [-0.39, 0.29) is 30.8 Å². The van der Waals surface area contributed by atoms with Gasteiger partial charge in [0.05, 0.1) is 24.3 Å². The topological polar surface area (TPSA) is 89.0 Å². The zero-order chi connectivity index (χ0) is 14.4. The van der Waals surface area contributed by atoms with E-state index in [4.69, 9.17) is 15.7 Å². The molecule has 1 rings (SSSR count). The molecule has 0 fully saturated rings. The molecular formula is C12H13F2N3O2. The minimum Gasteiger partial charge on any atom is -0.466 e. The average molecular weight is 269 g/mol. The van der Waals surface area contributed by atoms with Crippen LogP contribution in [0.15, 0.2) is 6.07 Å². The molecule has 0 bridgehead atoms. The molecule has 0 radical (unpaired) electrons. The molecule has 5 nitrogen and oxygen atoms in total. The Morgan fingerprint density at radius 2 is 2.32 bits per heavy atom. The molecule has 0 saturated carbocycles. The summed E-state index contributed by atoms with van der Waals surface area (Å²) in [6, 6.07) is 2.90. The molecule has 0 aliphatic carbocycles. The maximum absolute atomic E-state index is 13.0. The van der Waals surface area contributed by atoms with Gasteiger partial charge in [-0.2, -0.15) is 5.26 Å². The third-order valence-corrected chi connectivity index (χ3v) is 2.37. The maximum Gasteiger partial charge on any atom is 0.310 e. The van der Waals surface area contributed by atoms with Crippen molar-refractivity contribution >= 4 is 5.97 Å². The van der Waals surface area contributed by atoms with E-state index in [0.717, 1.165) is 0 Å². The molecule has 1 aromatic rings. The Morgan fingerprint density at radius 3 is 2.79 bits per heavy atom. The Kier molecular flexibility index (Phi) is 5.33. The number of hydrogen-bond donors (Lipinski definition) is 1. The van der Waals surface area contributed by atoms with Crippen molar-refractivity contribution in [2.45, 2.75) is 26.3 Å². The highest BCUT2D eigenvalue weighted by Gasteiger charge is 2.22. The van der Waals surface area contributed by atoms with Gasteiger partial charge >= 0.3 is 5.97 Å². The van der Waals surface area contributed by atoms with Crippen molar-refractivity contribution < 1.29 is 18.3 Å². The normalized spacial score (nSPS) is 10.3. The number of alkyl halides is 2. The molecule has 0 unspecified atom stereocenters. The number of nitrogens with zero attached hydrogens (tertiary/aromatic N) is 2. The molecule has 0 aliphatic heterocycles. The zero-order valence-electron chi connectivity index (χ0n) is 10.3. The molecule has 0 aliphatic rings. The fourth-order valence-electron chi connectivity index (χ4n) is 1.61. The van der Waals surface area contributed by atoms with E-state index in [1.165, 1.54) is 6.07 Å². The number of ether oxygens (including phenoxy) is 1. The van der Waals surface area contributed by atoms with Gasteiger partial charge in [-0.1, -0.05) is 0 Å². The third-order valence-electron chi connectivity index (χ3n) is 2.37. The summed E-state index contributed by atoms with van der Waals surface area (Å²) in [6.07, 6.45) is -3.23. The van der Waals surface area contributed by atoms with E-state index < -0.39 is 23.7 Å². The summed E-state index contributed by atoms with van der Waals surface area (Å²) in [5.74, 6) is -0.637. The van der Waals surface area contributed by atoms with E-state index in [0.29, 0.717) is 0 Å². The highest BCUT2D eigenvalue weighted by molar-refractivity contribution is 5.73. The van der Waals surface area contributed by atoms with Crippen molar-refractivity contribution in [1.29, 1.82) is 5.26 Å². The monoisotopic (exact) mass is 269 g/mol. The molecule has 1 aromatic heterocycles. The van der Waals surface area contributed by atoms with Crippen molar-refractivity contribution in [1.82, 2.24) is 4.98 Å². The van der Waals surface area contributed by atoms with Gasteiger partial charge in [-0.05, 0) is 18.6 Å². The van der Waals surface area contributed by atoms with Crippen LogP contribution in [0.4, 0.5) is 8.78 Å². The van der Waals surface area contributed by atoms with Crippen LogP contribution in [0.1, 0.15) is 35.9 Å². The summed E-state index contributed by atoms with van der Waals surface area (Å²) in [5.41, 5.74) is 4.75. The summed E-state index contributed by atoms with van der Waals surface area (Å²) < 4.78 is 30.7. The second-order valence-corrected chi connectivity index (χ2v) is 3.63. The van der Waals surface area contributed by atoms with Crippen LogP contribution in [0.5, 0.6) is 0 Å². The number of rotatable bonds is 5. The fraction of sp³-hybridized carbons (Fsp3) is 0.417. The van der Waals surface area contributed by atoms with Crippen molar-refractivity contribution in [3.8, 4) is 6.07 Å². The van der Waals surface area contributed by atoms with Gasteiger partial charge in [0.15, 0.2) is 0 Å². The van der Waals surface area contributed by atoms with Crippen LogP contribution in [0.3, 0.4) is 0 Å². The minimum absolute atomic E-state index is 0.00593. The van der Waals surface area contributed by atoms with Crippen LogP contribution >= 0.6 is 0 Å². The first-order chi connectivity index (χ1) is 9.03. The van der Waals surface area contributed by atoms with Gasteiger partial charge in [0.1, 0.15) is 11.8 Å². The first kappa shape index (κ1) is 15.0. The van der Waals surface area contributed by atoms with Gasteiger partial charge in [0.2, 0.25) is 0 Å². The summed E-state index contributed by atoms with van der Waals surface area (Å²) in [5, 5.41) is 8.85. The van der Waals surface area contributed by atoms with Crippen molar-refractivity contribution in [2.24, 2.45) is 5.73 Å². The number of hydrogen-bond acceptors (Lipinski definition) is 5. The highest BCUT2D eigenvalue weighted by atomic mass is 19.3. The average Bonchev–Trinajstić information content (AvgIpc) is 2.37. The molecule has 0 saturated heterocycles. The number of pyridine rings is 1. The van der Waals surface area contributed by atoms with Crippen LogP contribution < -0.4 is 5.73 Å². The number of carbonyl (C=O) groups is 1. The molecule has 0 amide bonds. The lowest BCUT2D eigenvalue weighted by atomic mass is 10.0. The Bertz CT molecular complexity index is 512. The number of halogens is 2. The quantitative estimate of drug-likeness (QED) is 0.817. The number of aromatic nitrogens is 1. The lowest BCUT2D eigenvalue weighted by molar-refractivity contribution is -0.142. The maximum atomic E-state index is 13.0. The van der Waals surface area contributed by atoms with E-state index in [1.807, 2.05) is 0 Å². The van der Waals surface area contributed by atoms with Crippen molar-refractivity contribution in [3.05, 3.63) is 28.6 Å². The molecule has 0 atom stereocenters. The molecule has 1 heterocycles. The van der Waals surface area contributed by atoms with Crippen LogP contribution in [0.2, 0.25) is 0 Å². The predicted molar refractivity (Wildman–Crippen MR) is 62.1 cm³/mol. The van der Waals surface area contributed by atoms with Crippen LogP contribution in [0, 0.1) is 11.3 Å². The largest absolute Gasteiger partial charge is 0.466 e. The molecule has 2 N–H and O–H groups in total. The summed E-state index contributed by atoms with van der Waals surface area (Å²) in [7, 11) is 0. The van der Waals surface area contributed by atoms with Gasteiger partial charge in [-0.25, -0.2) is 13.8 Å². The van der Waals surface area contributed by atoms with Gasteiger partial charge in [0, 0.05) is 6.54 Å². The Labute approximate surface area is 109 Å². The predicted octanol–water partition coefficient (Wildman–Crippen LogP) is 1.46. The van der Waals surface area contributed by atoms with E-state index in [1.54, 1.807) is 13.0 Å². The number of nitriles is 1. The number of nitrogens with two attached hydrogens (primary N) is 1.